The van der Waals surface area contributed by atoms with Gasteiger partial charge in [-0.2, -0.15) is 0 Å². The molecule has 0 saturated heterocycles. The summed E-state index contributed by atoms with van der Waals surface area (Å²) in [6.45, 7) is 6.35. The van der Waals surface area contributed by atoms with E-state index in [0.717, 1.165) is 89.9 Å². The lowest BCUT2D eigenvalue weighted by Crippen LogP contribution is -2.30. The molecule has 0 aromatic carbocycles. The van der Waals surface area contributed by atoms with Gasteiger partial charge in [-0.3, -0.25) is 14.4 Å². The molecule has 0 N–H and O–H groups in total. The van der Waals surface area contributed by atoms with E-state index in [-0.39, 0.29) is 37.5 Å². The van der Waals surface area contributed by atoms with Crippen molar-refractivity contribution in [2.45, 2.75) is 194 Å². The zero-order valence-electron chi connectivity index (χ0n) is 35.4. The summed E-state index contributed by atoms with van der Waals surface area (Å²) in [6.07, 6.45) is 54.6. The highest BCUT2D eigenvalue weighted by molar-refractivity contribution is 5.71. The molecule has 6 nitrogen and oxygen atoms in total. The zero-order chi connectivity index (χ0) is 40.1. The third-order valence-electron chi connectivity index (χ3n) is 8.91. The Morgan fingerprint density at radius 1 is 0.382 bits per heavy atom. The lowest BCUT2D eigenvalue weighted by molar-refractivity contribution is -0.167. The Hall–Kier alpha value is -3.41. The first-order valence-electron chi connectivity index (χ1n) is 22.1. The van der Waals surface area contributed by atoms with Crippen LogP contribution in [-0.4, -0.2) is 37.2 Å². The van der Waals surface area contributed by atoms with Crippen LogP contribution in [-0.2, 0) is 28.6 Å². The molecule has 0 heterocycles. The van der Waals surface area contributed by atoms with Gasteiger partial charge in [0.15, 0.2) is 6.10 Å². The summed E-state index contributed by atoms with van der Waals surface area (Å²) in [7, 11) is 0. The second-order valence-electron chi connectivity index (χ2n) is 14.2. The van der Waals surface area contributed by atoms with E-state index in [2.05, 4.69) is 106 Å². The molecular weight excluding hydrogens is 685 g/mol. The molecule has 312 valence electrons. The molecule has 0 fully saturated rings. The number of carbonyl (C=O) groups excluding carboxylic acids is 3. The maximum atomic E-state index is 12.6. The molecule has 0 radical (unpaired) electrons. The van der Waals surface area contributed by atoms with Crippen molar-refractivity contribution in [2.24, 2.45) is 0 Å². The highest BCUT2D eigenvalue weighted by Crippen LogP contribution is 2.12. The summed E-state index contributed by atoms with van der Waals surface area (Å²) in [6, 6.07) is 0. The molecule has 0 saturated carbocycles. The van der Waals surface area contributed by atoms with E-state index in [1.165, 1.54) is 51.4 Å². The molecule has 0 aromatic heterocycles. The van der Waals surface area contributed by atoms with Gasteiger partial charge in [-0.25, -0.2) is 0 Å². The van der Waals surface area contributed by atoms with Gasteiger partial charge in [0, 0.05) is 19.3 Å². The Balaban J connectivity index is 4.29. The van der Waals surface area contributed by atoms with E-state index in [1.807, 2.05) is 0 Å². The number of unbranched alkanes of at least 4 members (excludes halogenated alkanes) is 13. The molecule has 6 heteroatoms. The average molecular weight is 765 g/mol. The molecule has 0 aromatic rings. The molecule has 0 rings (SSSR count). The number of ether oxygens (including phenoxy) is 3. The molecule has 0 amide bonds. The normalized spacial score (nSPS) is 12.9. The van der Waals surface area contributed by atoms with Crippen LogP contribution in [0.5, 0.6) is 0 Å². The Morgan fingerprint density at radius 3 is 1.11 bits per heavy atom. The summed E-state index contributed by atoms with van der Waals surface area (Å²) in [4.78, 5) is 37.4. The fourth-order valence-electron chi connectivity index (χ4n) is 5.60. The molecular formula is C49H80O6. The third kappa shape index (κ3) is 41.6. The Morgan fingerprint density at radius 2 is 0.709 bits per heavy atom. The zero-order valence-corrected chi connectivity index (χ0v) is 35.4. The first kappa shape index (κ1) is 51.6. The average Bonchev–Trinajstić information content (AvgIpc) is 3.18. The minimum absolute atomic E-state index is 0.0948. The topological polar surface area (TPSA) is 78.9 Å². The van der Waals surface area contributed by atoms with Crippen LogP contribution in [0.3, 0.4) is 0 Å². The van der Waals surface area contributed by atoms with Crippen molar-refractivity contribution in [1.82, 2.24) is 0 Å². The first-order chi connectivity index (χ1) is 27.0. The summed E-state index contributed by atoms with van der Waals surface area (Å²) in [5.41, 5.74) is 0. The number of carbonyl (C=O) groups is 3. The van der Waals surface area contributed by atoms with E-state index < -0.39 is 6.10 Å². The van der Waals surface area contributed by atoms with E-state index in [4.69, 9.17) is 14.2 Å². The largest absolute Gasteiger partial charge is 0.462 e. The first-order valence-corrected chi connectivity index (χ1v) is 22.1. The van der Waals surface area contributed by atoms with Crippen molar-refractivity contribution in [2.75, 3.05) is 13.2 Å². The van der Waals surface area contributed by atoms with Crippen LogP contribution in [0, 0.1) is 0 Å². The third-order valence-corrected chi connectivity index (χ3v) is 8.91. The highest BCUT2D eigenvalue weighted by atomic mass is 16.6. The van der Waals surface area contributed by atoms with Crippen molar-refractivity contribution in [3.05, 3.63) is 85.1 Å². The number of esters is 3. The van der Waals surface area contributed by atoms with E-state index in [1.54, 1.807) is 0 Å². The van der Waals surface area contributed by atoms with Crippen molar-refractivity contribution in [3.63, 3.8) is 0 Å². The molecule has 0 aliphatic carbocycles. The molecule has 0 aliphatic rings. The second kappa shape index (κ2) is 43.3. The van der Waals surface area contributed by atoms with Gasteiger partial charge in [-0.1, -0.05) is 183 Å². The van der Waals surface area contributed by atoms with Crippen LogP contribution in [0.25, 0.3) is 0 Å². The van der Waals surface area contributed by atoms with Crippen molar-refractivity contribution in [3.8, 4) is 0 Å². The fourth-order valence-corrected chi connectivity index (χ4v) is 5.60. The predicted octanol–water partition coefficient (Wildman–Crippen LogP) is 14.1. The maximum absolute atomic E-state index is 12.6. The van der Waals surface area contributed by atoms with Crippen LogP contribution in [0.4, 0.5) is 0 Å². The molecule has 55 heavy (non-hydrogen) atoms. The predicted molar refractivity (Wildman–Crippen MR) is 233 cm³/mol. The highest BCUT2D eigenvalue weighted by Gasteiger charge is 2.19. The van der Waals surface area contributed by atoms with Crippen LogP contribution in [0.2, 0.25) is 0 Å². The summed E-state index contributed by atoms with van der Waals surface area (Å²) < 4.78 is 16.5. The van der Waals surface area contributed by atoms with Gasteiger partial charge in [0.25, 0.3) is 0 Å². The summed E-state index contributed by atoms with van der Waals surface area (Å²) in [5.74, 6) is -0.981. The minimum Gasteiger partial charge on any atom is -0.462 e. The van der Waals surface area contributed by atoms with Crippen LogP contribution in [0.15, 0.2) is 85.1 Å². The van der Waals surface area contributed by atoms with Crippen molar-refractivity contribution in [1.29, 1.82) is 0 Å². The lowest BCUT2D eigenvalue weighted by Gasteiger charge is -2.18. The van der Waals surface area contributed by atoms with Gasteiger partial charge < -0.3 is 14.2 Å². The van der Waals surface area contributed by atoms with Gasteiger partial charge in [-0.15, -0.1) is 0 Å². The Labute approximate surface area is 337 Å². The van der Waals surface area contributed by atoms with Gasteiger partial charge in [0.05, 0.1) is 0 Å². The monoisotopic (exact) mass is 765 g/mol. The van der Waals surface area contributed by atoms with Crippen molar-refractivity contribution >= 4 is 17.9 Å². The maximum Gasteiger partial charge on any atom is 0.306 e. The van der Waals surface area contributed by atoms with Gasteiger partial charge in [0.1, 0.15) is 13.2 Å². The molecule has 0 bridgehead atoms. The molecule has 1 atom stereocenters. The standard InChI is InChI=1S/C49H80O6/c1-4-7-10-13-16-18-19-20-21-22-23-24-25-26-27-28-29-30-31-32-34-36-39-42-48(51)54-45-46(44-53-47(50)41-38-35-15-12-9-6-3)55-49(52)43-40-37-33-17-14-11-8-5-2/h7,10,16,18,20-21,23-24,26-27,29-30,32,34,46H,4-6,8-9,11-15,17,19,22,25,28,31,33,35-45H2,1-3H3/b10-7-,18-16-,21-20-,24-23-,27-26-,30-29-,34-32-. The van der Waals surface area contributed by atoms with E-state index in [9.17, 15) is 14.4 Å². The van der Waals surface area contributed by atoms with Crippen LogP contribution < -0.4 is 0 Å². The Bertz CT molecular complexity index is 1110. The number of hydrogen-bond donors (Lipinski definition) is 0. The van der Waals surface area contributed by atoms with Gasteiger partial charge in [-0.05, 0) is 70.6 Å². The van der Waals surface area contributed by atoms with E-state index in [0.29, 0.717) is 19.3 Å². The second-order valence-corrected chi connectivity index (χ2v) is 14.2. The fraction of sp³-hybridized carbons (Fsp3) is 0.653. The molecule has 0 spiro atoms. The van der Waals surface area contributed by atoms with Crippen LogP contribution >= 0.6 is 0 Å². The van der Waals surface area contributed by atoms with E-state index >= 15 is 0 Å². The number of hydrogen-bond acceptors (Lipinski definition) is 6. The van der Waals surface area contributed by atoms with Gasteiger partial charge >= 0.3 is 17.9 Å². The molecule has 1 unspecified atom stereocenters. The quantitative estimate of drug-likeness (QED) is 0.0270. The SMILES string of the molecule is CC/C=C\C/C=C\C/C=C\C/C=C\C/C=C\C/C=C\C/C=C\CCCC(=O)OCC(COC(=O)CCCCCCCC)OC(=O)CCCCCCCCCC. The summed E-state index contributed by atoms with van der Waals surface area (Å²) in [5, 5.41) is 0. The Kier molecular flexibility index (Phi) is 40.6. The van der Waals surface area contributed by atoms with Crippen LogP contribution in [0.1, 0.15) is 188 Å². The minimum atomic E-state index is -0.791. The van der Waals surface area contributed by atoms with Gasteiger partial charge in [0.2, 0.25) is 0 Å². The summed E-state index contributed by atoms with van der Waals surface area (Å²) >= 11 is 0. The lowest BCUT2D eigenvalue weighted by atomic mass is 10.1. The number of rotatable bonds is 38. The van der Waals surface area contributed by atoms with Crippen molar-refractivity contribution < 1.29 is 28.6 Å². The molecule has 0 aliphatic heterocycles. The smallest absolute Gasteiger partial charge is 0.306 e. The number of allylic oxidation sites excluding steroid dienone is 14.